The molecule has 1 aliphatic heterocycles. The maximum Gasteiger partial charge on any atom is 0.191 e. The number of hydrogen-bond acceptors (Lipinski definition) is 5. The SMILES string of the molecule is CC(C)=CCC12C/C=C(\C)COc3cccc4c3C(=O)C(C(=O)C=C1C)(C2=O)C4O. The van der Waals surface area contributed by atoms with E-state index in [2.05, 4.69) is 0 Å². The first-order chi connectivity index (χ1) is 14.2. The Morgan fingerprint density at radius 2 is 1.97 bits per heavy atom. The summed E-state index contributed by atoms with van der Waals surface area (Å²) in [4.78, 5) is 41.2. The topological polar surface area (TPSA) is 80.7 Å². The first-order valence-corrected chi connectivity index (χ1v) is 10.2. The minimum absolute atomic E-state index is 0.144. The fourth-order valence-electron chi connectivity index (χ4n) is 4.85. The Labute approximate surface area is 176 Å². The van der Waals surface area contributed by atoms with E-state index in [0.717, 1.165) is 11.1 Å². The summed E-state index contributed by atoms with van der Waals surface area (Å²) in [5, 5.41) is 11.2. The molecular weight excluding hydrogens is 380 g/mol. The van der Waals surface area contributed by atoms with E-state index in [9.17, 15) is 19.5 Å². The van der Waals surface area contributed by atoms with Crippen LogP contribution in [0.1, 0.15) is 62.6 Å². The second-order valence-corrected chi connectivity index (χ2v) is 8.89. The average molecular weight is 406 g/mol. The van der Waals surface area contributed by atoms with Crippen LogP contribution in [0.25, 0.3) is 0 Å². The predicted octanol–water partition coefficient (Wildman–Crippen LogP) is 4.07. The average Bonchev–Trinajstić information content (AvgIpc) is 2.92. The van der Waals surface area contributed by atoms with Crippen LogP contribution in [0.4, 0.5) is 0 Å². The van der Waals surface area contributed by atoms with Gasteiger partial charge in [0, 0.05) is 0 Å². The van der Waals surface area contributed by atoms with E-state index in [4.69, 9.17) is 4.74 Å². The molecular formula is C25H26O5. The fourth-order valence-corrected chi connectivity index (χ4v) is 4.85. The molecule has 0 saturated heterocycles. The molecule has 3 atom stereocenters. The molecule has 156 valence electrons. The van der Waals surface area contributed by atoms with Crippen molar-refractivity contribution >= 4 is 17.3 Å². The standard InChI is InChI=1S/C25H26O5/c1-14(2)8-10-24-11-9-15(3)13-30-18-7-5-6-17-20(18)22(28)25(21(17)27,23(24)29)19(26)12-16(24)4/h5-9,12,21,27H,10-11,13H2,1-4H3/b15-9+. The van der Waals surface area contributed by atoms with Crippen LogP contribution in [-0.4, -0.2) is 29.1 Å². The number of carbonyl (C=O) groups is 3. The van der Waals surface area contributed by atoms with Crippen molar-refractivity contribution in [1.29, 1.82) is 0 Å². The van der Waals surface area contributed by atoms with Gasteiger partial charge >= 0.3 is 0 Å². The van der Waals surface area contributed by atoms with Crippen molar-refractivity contribution in [2.24, 2.45) is 10.8 Å². The van der Waals surface area contributed by atoms with Crippen molar-refractivity contribution in [1.82, 2.24) is 0 Å². The second kappa shape index (κ2) is 6.88. The van der Waals surface area contributed by atoms with E-state index >= 15 is 0 Å². The Balaban J connectivity index is 2.06. The fraction of sp³-hybridized carbons (Fsp3) is 0.400. The normalized spacial score (nSPS) is 31.9. The summed E-state index contributed by atoms with van der Waals surface area (Å²) in [5.74, 6) is -1.51. The van der Waals surface area contributed by atoms with Gasteiger partial charge in [0.05, 0.1) is 11.0 Å². The summed E-state index contributed by atoms with van der Waals surface area (Å²) in [7, 11) is 0. The third-order valence-corrected chi connectivity index (χ3v) is 6.75. The van der Waals surface area contributed by atoms with Gasteiger partial charge in [0.15, 0.2) is 22.8 Å². The molecule has 1 aromatic carbocycles. The zero-order chi connectivity index (χ0) is 21.8. The summed E-state index contributed by atoms with van der Waals surface area (Å²) in [5.41, 5.74) is -0.199. The molecule has 1 N–H and O–H groups in total. The molecule has 2 aliphatic carbocycles. The lowest BCUT2D eigenvalue weighted by Gasteiger charge is -2.43. The molecule has 5 heteroatoms. The van der Waals surface area contributed by atoms with E-state index in [1.165, 1.54) is 6.08 Å². The highest BCUT2D eigenvalue weighted by Gasteiger charge is 2.68. The lowest BCUT2D eigenvalue weighted by Crippen LogP contribution is -2.56. The molecule has 1 aromatic rings. The molecule has 3 unspecified atom stereocenters. The third-order valence-electron chi connectivity index (χ3n) is 6.75. The van der Waals surface area contributed by atoms with Gasteiger partial charge < -0.3 is 9.84 Å². The second-order valence-electron chi connectivity index (χ2n) is 8.89. The molecule has 3 bridgehead atoms. The van der Waals surface area contributed by atoms with Crippen LogP contribution in [0.5, 0.6) is 5.75 Å². The summed E-state index contributed by atoms with van der Waals surface area (Å²) < 4.78 is 5.88. The van der Waals surface area contributed by atoms with E-state index < -0.39 is 34.3 Å². The predicted molar refractivity (Wildman–Crippen MR) is 112 cm³/mol. The maximum atomic E-state index is 14.2. The Morgan fingerprint density at radius 1 is 1.23 bits per heavy atom. The van der Waals surface area contributed by atoms with Crippen molar-refractivity contribution in [2.75, 3.05) is 6.61 Å². The maximum absolute atomic E-state index is 14.2. The zero-order valence-corrected chi connectivity index (χ0v) is 17.7. The monoisotopic (exact) mass is 406 g/mol. The summed E-state index contributed by atoms with van der Waals surface area (Å²) in [6, 6.07) is 4.91. The van der Waals surface area contributed by atoms with Crippen LogP contribution in [0.2, 0.25) is 0 Å². The molecule has 0 amide bonds. The van der Waals surface area contributed by atoms with Crippen LogP contribution < -0.4 is 4.74 Å². The zero-order valence-electron chi connectivity index (χ0n) is 17.7. The number of ketones is 3. The van der Waals surface area contributed by atoms with Gasteiger partial charge in [-0.25, -0.2) is 0 Å². The van der Waals surface area contributed by atoms with Gasteiger partial charge in [0.2, 0.25) is 0 Å². The minimum atomic E-state index is -2.15. The van der Waals surface area contributed by atoms with Crippen LogP contribution in [-0.2, 0) is 9.59 Å². The summed E-state index contributed by atoms with van der Waals surface area (Å²) >= 11 is 0. The Morgan fingerprint density at radius 3 is 2.67 bits per heavy atom. The van der Waals surface area contributed by atoms with E-state index in [1.54, 1.807) is 25.1 Å². The van der Waals surface area contributed by atoms with Crippen LogP contribution in [0.15, 0.2) is 53.1 Å². The quantitative estimate of drug-likeness (QED) is 0.591. The largest absolute Gasteiger partial charge is 0.488 e. The Bertz CT molecular complexity index is 1070. The van der Waals surface area contributed by atoms with Crippen molar-refractivity contribution in [3.63, 3.8) is 0 Å². The number of aliphatic hydroxyl groups is 1. The van der Waals surface area contributed by atoms with Gasteiger partial charge in [-0.2, -0.15) is 0 Å². The Hall–Kier alpha value is -2.79. The van der Waals surface area contributed by atoms with E-state index in [-0.39, 0.29) is 17.7 Å². The van der Waals surface area contributed by atoms with E-state index in [0.29, 0.717) is 24.2 Å². The van der Waals surface area contributed by atoms with Gasteiger partial charge in [-0.3, -0.25) is 14.4 Å². The molecule has 0 saturated carbocycles. The number of rotatable bonds is 2. The smallest absolute Gasteiger partial charge is 0.191 e. The number of aliphatic hydroxyl groups excluding tert-OH is 1. The number of ether oxygens (including phenoxy) is 1. The third kappa shape index (κ3) is 2.54. The molecule has 0 fully saturated rings. The van der Waals surface area contributed by atoms with Gasteiger partial charge in [0.25, 0.3) is 0 Å². The van der Waals surface area contributed by atoms with Crippen molar-refractivity contribution in [3.05, 3.63) is 64.3 Å². The molecule has 0 aromatic heterocycles. The lowest BCUT2D eigenvalue weighted by atomic mass is 9.55. The molecule has 4 rings (SSSR count). The lowest BCUT2D eigenvalue weighted by molar-refractivity contribution is -0.148. The van der Waals surface area contributed by atoms with Gasteiger partial charge in [0.1, 0.15) is 18.5 Å². The van der Waals surface area contributed by atoms with Crippen molar-refractivity contribution in [3.8, 4) is 5.75 Å². The molecule has 0 radical (unpaired) electrons. The Kier molecular flexibility index (Phi) is 4.70. The van der Waals surface area contributed by atoms with Crippen molar-refractivity contribution < 1.29 is 24.2 Å². The minimum Gasteiger partial charge on any atom is -0.488 e. The molecule has 30 heavy (non-hydrogen) atoms. The first kappa shape index (κ1) is 20.5. The van der Waals surface area contributed by atoms with Gasteiger partial charge in [-0.05, 0) is 63.8 Å². The van der Waals surface area contributed by atoms with Crippen LogP contribution in [0.3, 0.4) is 0 Å². The van der Waals surface area contributed by atoms with Gasteiger partial charge in [-0.1, -0.05) is 35.4 Å². The number of benzene rings is 1. The van der Waals surface area contributed by atoms with Crippen LogP contribution in [0, 0.1) is 10.8 Å². The number of fused-ring (bicyclic) bond motifs is 1. The molecule has 5 nitrogen and oxygen atoms in total. The van der Waals surface area contributed by atoms with Crippen molar-refractivity contribution in [2.45, 2.75) is 46.6 Å². The highest BCUT2D eigenvalue weighted by Crippen LogP contribution is 2.58. The number of hydrogen-bond donors (Lipinski definition) is 1. The summed E-state index contributed by atoms with van der Waals surface area (Å²) in [6.07, 6.45) is 4.48. The molecule has 1 heterocycles. The highest BCUT2D eigenvalue weighted by molar-refractivity contribution is 6.37. The number of allylic oxidation sites excluding steroid dienone is 5. The first-order valence-electron chi connectivity index (χ1n) is 10.2. The van der Waals surface area contributed by atoms with E-state index in [1.807, 2.05) is 32.9 Å². The highest BCUT2D eigenvalue weighted by atomic mass is 16.5. The van der Waals surface area contributed by atoms with Gasteiger partial charge in [-0.15, -0.1) is 0 Å². The number of Topliss-reactive ketones (excluding diaryl/α,β-unsaturated/α-hetero) is 2. The molecule has 1 spiro atoms. The van der Waals surface area contributed by atoms with Crippen LogP contribution >= 0.6 is 0 Å². The summed E-state index contributed by atoms with van der Waals surface area (Å²) in [6.45, 7) is 7.84. The number of carbonyl (C=O) groups excluding carboxylic acids is 3. The molecule has 3 aliphatic rings.